The molecular weight excluding hydrogens is 330 g/mol. The molecule has 2 aromatic carbocycles. The minimum Gasteiger partial charge on any atom is -0.496 e. The van der Waals surface area contributed by atoms with E-state index in [0.29, 0.717) is 23.6 Å². The first kappa shape index (κ1) is 19.2. The zero-order valence-electron chi connectivity index (χ0n) is 15.0. The first-order valence-electron chi connectivity index (χ1n) is 8.53. The first-order valence-corrected chi connectivity index (χ1v) is 8.53. The predicted octanol–water partition coefficient (Wildman–Crippen LogP) is 4.30. The average Bonchev–Trinajstić information content (AvgIpc) is 2.67. The monoisotopic (exact) mass is 353 g/mol. The average molecular weight is 353 g/mol. The molecule has 0 fully saturated rings. The van der Waals surface area contributed by atoms with Crippen molar-refractivity contribution in [2.24, 2.45) is 0 Å². The molecular formula is C21H23NO4. The fourth-order valence-corrected chi connectivity index (χ4v) is 2.24. The van der Waals surface area contributed by atoms with Crippen molar-refractivity contribution in [2.75, 3.05) is 19.0 Å². The number of benzene rings is 2. The highest BCUT2D eigenvalue weighted by atomic mass is 16.5. The molecule has 1 amide bonds. The van der Waals surface area contributed by atoms with Crippen molar-refractivity contribution in [3.05, 3.63) is 65.7 Å². The number of ether oxygens (including phenoxy) is 2. The van der Waals surface area contributed by atoms with Gasteiger partial charge in [0.1, 0.15) is 5.75 Å². The standard InChI is InChI=1S/C21H23NO4/c1-3-4-15-26-21(24)17-9-12-18(13-10-17)22-20(23)14-11-16-7-5-6-8-19(16)25-2/h5-14H,3-4,15H2,1-2H3,(H,22,23)/b14-11+. The van der Waals surface area contributed by atoms with Gasteiger partial charge in [0, 0.05) is 17.3 Å². The van der Waals surface area contributed by atoms with Crippen molar-refractivity contribution in [1.29, 1.82) is 0 Å². The third-order valence-corrected chi connectivity index (χ3v) is 3.67. The van der Waals surface area contributed by atoms with Crippen molar-refractivity contribution < 1.29 is 19.1 Å². The van der Waals surface area contributed by atoms with Crippen molar-refractivity contribution in [2.45, 2.75) is 19.8 Å². The van der Waals surface area contributed by atoms with Crippen LogP contribution in [0.15, 0.2) is 54.6 Å². The van der Waals surface area contributed by atoms with Crippen LogP contribution >= 0.6 is 0 Å². The number of carbonyl (C=O) groups excluding carboxylic acids is 2. The first-order chi connectivity index (χ1) is 12.6. The highest BCUT2D eigenvalue weighted by molar-refractivity contribution is 6.02. The van der Waals surface area contributed by atoms with E-state index in [1.807, 2.05) is 31.2 Å². The molecule has 1 N–H and O–H groups in total. The molecule has 5 heteroatoms. The molecule has 5 nitrogen and oxygen atoms in total. The summed E-state index contributed by atoms with van der Waals surface area (Å²) in [6, 6.07) is 14.0. The Labute approximate surface area is 153 Å². The Hall–Kier alpha value is -3.08. The number of para-hydroxylation sites is 1. The van der Waals surface area contributed by atoms with Crippen LogP contribution in [0.1, 0.15) is 35.7 Å². The molecule has 0 aliphatic heterocycles. The van der Waals surface area contributed by atoms with Gasteiger partial charge >= 0.3 is 5.97 Å². The summed E-state index contributed by atoms with van der Waals surface area (Å²) in [6.45, 7) is 2.45. The number of esters is 1. The molecule has 0 aliphatic carbocycles. The van der Waals surface area contributed by atoms with Crippen LogP contribution in [0.3, 0.4) is 0 Å². The summed E-state index contributed by atoms with van der Waals surface area (Å²) in [6.07, 6.45) is 4.94. The lowest BCUT2D eigenvalue weighted by molar-refractivity contribution is -0.111. The molecule has 0 saturated heterocycles. The van der Waals surface area contributed by atoms with Crippen molar-refractivity contribution >= 4 is 23.6 Å². The van der Waals surface area contributed by atoms with Gasteiger partial charge in [0.15, 0.2) is 0 Å². The van der Waals surface area contributed by atoms with Crippen LogP contribution in [0.4, 0.5) is 5.69 Å². The quantitative estimate of drug-likeness (QED) is 0.436. The fourth-order valence-electron chi connectivity index (χ4n) is 2.24. The van der Waals surface area contributed by atoms with Gasteiger partial charge in [-0.25, -0.2) is 4.79 Å². The normalized spacial score (nSPS) is 10.5. The van der Waals surface area contributed by atoms with Gasteiger partial charge in [-0.1, -0.05) is 31.5 Å². The minimum atomic E-state index is -0.354. The molecule has 0 bridgehead atoms. The number of carbonyl (C=O) groups is 2. The van der Waals surface area contributed by atoms with Gasteiger partial charge in [-0.2, -0.15) is 0 Å². The number of unbranched alkanes of at least 4 members (excludes halogenated alkanes) is 1. The summed E-state index contributed by atoms with van der Waals surface area (Å²) in [5, 5.41) is 2.75. The van der Waals surface area contributed by atoms with Gasteiger partial charge < -0.3 is 14.8 Å². The van der Waals surface area contributed by atoms with E-state index >= 15 is 0 Å². The third kappa shape index (κ3) is 5.77. The van der Waals surface area contributed by atoms with E-state index in [0.717, 1.165) is 18.4 Å². The zero-order valence-corrected chi connectivity index (χ0v) is 15.0. The topological polar surface area (TPSA) is 64.6 Å². The molecule has 0 heterocycles. The van der Waals surface area contributed by atoms with Crippen LogP contribution in [0, 0.1) is 0 Å². The highest BCUT2D eigenvalue weighted by Gasteiger charge is 2.07. The number of hydrogen-bond donors (Lipinski definition) is 1. The molecule has 0 unspecified atom stereocenters. The Morgan fingerprint density at radius 3 is 2.50 bits per heavy atom. The molecule has 0 atom stereocenters. The maximum absolute atomic E-state index is 12.0. The highest BCUT2D eigenvalue weighted by Crippen LogP contribution is 2.18. The molecule has 0 spiro atoms. The number of amides is 1. The number of nitrogens with one attached hydrogen (secondary N) is 1. The molecule has 0 radical (unpaired) electrons. The Morgan fingerprint density at radius 1 is 1.08 bits per heavy atom. The number of rotatable bonds is 8. The number of methoxy groups -OCH3 is 1. The lowest BCUT2D eigenvalue weighted by Gasteiger charge is -2.06. The van der Waals surface area contributed by atoms with Crippen LogP contribution in [0.5, 0.6) is 5.75 Å². The van der Waals surface area contributed by atoms with Gasteiger partial charge in [0.25, 0.3) is 0 Å². The Kier molecular flexibility index (Phi) is 7.43. The number of anilines is 1. The fraction of sp³-hybridized carbons (Fsp3) is 0.238. The van der Waals surface area contributed by atoms with E-state index in [1.54, 1.807) is 37.5 Å². The van der Waals surface area contributed by atoms with E-state index in [1.165, 1.54) is 6.08 Å². The smallest absolute Gasteiger partial charge is 0.338 e. The van der Waals surface area contributed by atoms with E-state index < -0.39 is 0 Å². The second-order valence-corrected chi connectivity index (χ2v) is 5.63. The predicted molar refractivity (Wildman–Crippen MR) is 102 cm³/mol. The van der Waals surface area contributed by atoms with Crippen molar-refractivity contribution in [3.8, 4) is 5.75 Å². The van der Waals surface area contributed by atoms with Gasteiger partial charge in [0.05, 0.1) is 19.3 Å². The summed E-state index contributed by atoms with van der Waals surface area (Å²) < 4.78 is 10.4. The maximum atomic E-state index is 12.0. The van der Waals surface area contributed by atoms with Gasteiger partial charge in [-0.3, -0.25) is 4.79 Å². The Morgan fingerprint density at radius 2 is 1.81 bits per heavy atom. The molecule has 0 aliphatic rings. The molecule has 2 aromatic rings. The van der Waals surface area contributed by atoms with Crippen LogP contribution in [0.25, 0.3) is 6.08 Å². The van der Waals surface area contributed by atoms with Gasteiger partial charge in [0.2, 0.25) is 5.91 Å². The Bertz CT molecular complexity index is 766. The lowest BCUT2D eigenvalue weighted by atomic mass is 10.2. The largest absolute Gasteiger partial charge is 0.496 e. The van der Waals surface area contributed by atoms with Crippen LogP contribution in [0.2, 0.25) is 0 Å². The summed E-state index contributed by atoms with van der Waals surface area (Å²) in [7, 11) is 1.58. The Balaban J connectivity index is 1.93. The molecule has 0 saturated carbocycles. The number of hydrogen-bond acceptors (Lipinski definition) is 4. The second kappa shape index (κ2) is 10.0. The van der Waals surface area contributed by atoms with Crippen molar-refractivity contribution in [3.63, 3.8) is 0 Å². The SMILES string of the molecule is CCCCOC(=O)c1ccc(NC(=O)/C=C/c2ccccc2OC)cc1. The van der Waals surface area contributed by atoms with Crippen LogP contribution in [-0.2, 0) is 9.53 Å². The van der Waals surface area contributed by atoms with Gasteiger partial charge in [-0.15, -0.1) is 0 Å². The van der Waals surface area contributed by atoms with Crippen LogP contribution < -0.4 is 10.1 Å². The summed E-state index contributed by atoms with van der Waals surface area (Å²) in [5.74, 6) is 0.0732. The van der Waals surface area contributed by atoms with E-state index in [2.05, 4.69) is 5.32 Å². The third-order valence-electron chi connectivity index (χ3n) is 3.67. The summed E-state index contributed by atoms with van der Waals surface area (Å²) in [4.78, 5) is 23.9. The summed E-state index contributed by atoms with van der Waals surface area (Å²) in [5.41, 5.74) is 1.88. The summed E-state index contributed by atoms with van der Waals surface area (Å²) >= 11 is 0. The minimum absolute atomic E-state index is 0.269. The molecule has 136 valence electrons. The van der Waals surface area contributed by atoms with Crippen molar-refractivity contribution in [1.82, 2.24) is 0 Å². The molecule has 0 aromatic heterocycles. The zero-order chi connectivity index (χ0) is 18.8. The molecule has 2 rings (SSSR count). The van der Waals surface area contributed by atoms with Crippen LogP contribution in [-0.4, -0.2) is 25.6 Å². The lowest BCUT2D eigenvalue weighted by Crippen LogP contribution is -2.09. The maximum Gasteiger partial charge on any atom is 0.338 e. The van der Waals surface area contributed by atoms with E-state index in [9.17, 15) is 9.59 Å². The van der Waals surface area contributed by atoms with Gasteiger partial charge in [-0.05, 0) is 42.8 Å². The molecule has 26 heavy (non-hydrogen) atoms. The van der Waals surface area contributed by atoms with E-state index in [4.69, 9.17) is 9.47 Å². The second-order valence-electron chi connectivity index (χ2n) is 5.63. The van der Waals surface area contributed by atoms with E-state index in [-0.39, 0.29) is 11.9 Å².